The number of carbonyl (C=O) groups excluding carboxylic acids is 1. The zero-order valence-electron chi connectivity index (χ0n) is 9.63. The van der Waals surface area contributed by atoms with Gasteiger partial charge in [-0.05, 0) is 17.5 Å². The molecule has 90 valence electrons. The maximum atomic E-state index is 11.8. The third-order valence-electron chi connectivity index (χ3n) is 2.77. The molecule has 18 heavy (non-hydrogen) atoms. The van der Waals surface area contributed by atoms with Crippen LogP contribution in [0.5, 0.6) is 0 Å². The Morgan fingerprint density at radius 2 is 2.17 bits per heavy atom. The molecule has 0 saturated carbocycles. The molecule has 0 aliphatic carbocycles. The summed E-state index contributed by atoms with van der Waals surface area (Å²) in [4.78, 5) is 11.8. The van der Waals surface area contributed by atoms with Gasteiger partial charge in [-0.3, -0.25) is 9.89 Å². The average Bonchev–Trinajstić information content (AvgIpc) is 3.00. The quantitative estimate of drug-likeness (QED) is 0.735. The smallest absolute Gasteiger partial charge is 0.245 e. The van der Waals surface area contributed by atoms with Crippen LogP contribution in [0, 0.1) is 0 Å². The van der Waals surface area contributed by atoms with Crippen LogP contribution in [0.15, 0.2) is 48.8 Å². The fourth-order valence-corrected chi connectivity index (χ4v) is 1.95. The van der Waals surface area contributed by atoms with Crippen molar-refractivity contribution in [3.8, 4) is 0 Å². The van der Waals surface area contributed by atoms with Crippen LogP contribution in [0.25, 0.3) is 10.9 Å². The van der Waals surface area contributed by atoms with Gasteiger partial charge in [-0.15, -0.1) is 0 Å². The molecule has 0 fully saturated rings. The summed E-state index contributed by atoms with van der Waals surface area (Å²) in [7, 11) is 0. The first-order chi connectivity index (χ1) is 8.83. The number of nitrogens with one attached hydrogen (secondary N) is 2. The van der Waals surface area contributed by atoms with Gasteiger partial charge in [0, 0.05) is 17.8 Å². The molecule has 2 aromatic heterocycles. The lowest BCUT2D eigenvalue weighted by Gasteiger charge is -2.05. The van der Waals surface area contributed by atoms with Crippen LogP contribution in [0.1, 0.15) is 0 Å². The van der Waals surface area contributed by atoms with Crippen LogP contribution >= 0.6 is 0 Å². The molecule has 0 bridgehead atoms. The summed E-state index contributed by atoms with van der Waals surface area (Å²) in [5, 5.41) is 10.3. The average molecular weight is 240 g/mol. The molecular formula is C13H12N4O. The van der Waals surface area contributed by atoms with Gasteiger partial charge in [0.05, 0.1) is 6.20 Å². The van der Waals surface area contributed by atoms with Crippen molar-refractivity contribution in [1.29, 1.82) is 0 Å². The number of carbonyl (C=O) groups is 1. The highest BCUT2D eigenvalue weighted by Crippen LogP contribution is 2.14. The monoisotopic (exact) mass is 240 g/mol. The summed E-state index contributed by atoms with van der Waals surface area (Å²) >= 11 is 0. The van der Waals surface area contributed by atoms with Crippen LogP contribution < -0.4 is 5.32 Å². The minimum Gasteiger partial charge on any atom is -0.338 e. The fourth-order valence-electron chi connectivity index (χ4n) is 1.95. The highest BCUT2D eigenvalue weighted by atomic mass is 16.2. The van der Waals surface area contributed by atoms with Crippen molar-refractivity contribution >= 4 is 22.6 Å². The van der Waals surface area contributed by atoms with E-state index in [1.807, 2.05) is 41.1 Å². The number of fused-ring (bicyclic) bond motifs is 1. The summed E-state index contributed by atoms with van der Waals surface area (Å²) in [6.45, 7) is 0.284. The lowest BCUT2D eigenvalue weighted by atomic mass is 10.2. The van der Waals surface area contributed by atoms with Gasteiger partial charge in [0.25, 0.3) is 0 Å². The van der Waals surface area contributed by atoms with Crippen molar-refractivity contribution in [1.82, 2.24) is 14.8 Å². The number of nitrogens with zero attached hydrogens (tertiary/aromatic N) is 2. The number of hydrogen-bond acceptors (Lipinski definition) is 2. The van der Waals surface area contributed by atoms with Gasteiger partial charge in [0.1, 0.15) is 12.4 Å². The molecule has 1 amide bonds. The molecule has 0 aliphatic heterocycles. The standard InChI is InChI=1S/C13H12N4O/c18-13(15-12-5-7-14-16-12)9-17-8-6-10-3-1-2-4-11(10)17/h1-8H,9H2,(H2,14,15,16,18). The summed E-state index contributed by atoms with van der Waals surface area (Å²) in [6, 6.07) is 11.7. The Hall–Kier alpha value is -2.56. The second kappa shape index (κ2) is 4.37. The molecule has 0 atom stereocenters. The minimum absolute atomic E-state index is 0.0828. The van der Waals surface area contributed by atoms with Crippen LogP contribution in [0.4, 0.5) is 5.82 Å². The molecule has 0 radical (unpaired) electrons. The van der Waals surface area contributed by atoms with Gasteiger partial charge in [0.15, 0.2) is 0 Å². The topological polar surface area (TPSA) is 62.7 Å². The lowest BCUT2D eigenvalue weighted by Crippen LogP contribution is -2.18. The van der Waals surface area contributed by atoms with Crippen LogP contribution in [-0.2, 0) is 11.3 Å². The van der Waals surface area contributed by atoms with E-state index in [0.29, 0.717) is 5.82 Å². The number of rotatable bonds is 3. The van der Waals surface area contributed by atoms with E-state index in [-0.39, 0.29) is 12.5 Å². The van der Waals surface area contributed by atoms with E-state index in [1.165, 1.54) is 0 Å². The largest absolute Gasteiger partial charge is 0.338 e. The van der Waals surface area contributed by atoms with E-state index < -0.39 is 0 Å². The molecule has 0 saturated heterocycles. The van der Waals surface area contributed by atoms with E-state index in [2.05, 4.69) is 15.5 Å². The van der Waals surface area contributed by atoms with Gasteiger partial charge in [-0.2, -0.15) is 5.10 Å². The van der Waals surface area contributed by atoms with E-state index in [0.717, 1.165) is 10.9 Å². The Balaban J connectivity index is 1.78. The summed E-state index contributed by atoms with van der Waals surface area (Å²) in [6.07, 6.45) is 3.51. The second-order valence-electron chi connectivity index (χ2n) is 4.02. The molecule has 1 aromatic carbocycles. The highest BCUT2D eigenvalue weighted by Gasteiger charge is 2.06. The number of benzene rings is 1. The Morgan fingerprint density at radius 1 is 1.28 bits per heavy atom. The molecular weight excluding hydrogens is 228 g/mol. The Kier molecular flexibility index (Phi) is 2.57. The normalized spacial score (nSPS) is 10.7. The van der Waals surface area contributed by atoms with E-state index in [4.69, 9.17) is 0 Å². The maximum Gasteiger partial charge on any atom is 0.245 e. The molecule has 2 N–H and O–H groups in total. The Labute approximate surface area is 103 Å². The third kappa shape index (κ3) is 1.98. The van der Waals surface area contributed by atoms with Gasteiger partial charge in [-0.1, -0.05) is 18.2 Å². The zero-order valence-corrected chi connectivity index (χ0v) is 9.63. The van der Waals surface area contributed by atoms with Crippen LogP contribution in [0.2, 0.25) is 0 Å². The van der Waals surface area contributed by atoms with Crippen LogP contribution in [-0.4, -0.2) is 20.7 Å². The number of anilines is 1. The number of aromatic amines is 1. The summed E-state index contributed by atoms with van der Waals surface area (Å²) in [5.41, 5.74) is 1.05. The van der Waals surface area contributed by atoms with Gasteiger partial charge in [0.2, 0.25) is 5.91 Å². The predicted octanol–water partition coefficient (Wildman–Crippen LogP) is 2.00. The zero-order chi connectivity index (χ0) is 12.4. The number of hydrogen-bond donors (Lipinski definition) is 2. The first-order valence-electron chi connectivity index (χ1n) is 5.66. The second-order valence-corrected chi connectivity index (χ2v) is 4.02. The number of aromatic nitrogens is 3. The molecule has 2 heterocycles. The van der Waals surface area contributed by atoms with Gasteiger partial charge < -0.3 is 9.88 Å². The molecule has 0 spiro atoms. The van der Waals surface area contributed by atoms with E-state index >= 15 is 0 Å². The van der Waals surface area contributed by atoms with Crippen molar-refractivity contribution < 1.29 is 4.79 Å². The molecule has 0 aliphatic rings. The summed E-state index contributed by atoms with van der Waals surface area (Å²) < 4.78 is 1.92. The number of amides is 1. The van der Waals surface area contributed by atoms with Gasteiger partial charge >= 0.3 is 0 Å². The van der Waals surface area contributed by atoms with E-state index in [9.17, 15) is 4.79 Å². The molecule has 5 heteroatoms. The fraction of sp³-hybridized carbons (Fsp3) is 0.0769. The third-order valence-corrected chi connectivity index (χ3v) is 2.77. The lowest BCUT2D eigenvalue weighted by molar-refractivity contribution is -0.116. The Morgan fingerprint density at radius 3 is 3.00 bits per heavy atom. The van der Waals surface area contributed by atoms with Crippen molar-refractivity contribution in [3.63, 3.8) is 0 Å². The van der Waals surface area contributed by atoms with Crippen LogP contribution in [0.3, 0.4) is 0 Å². The molecule has 3 aromatic rings. The highest BCUT2D eigenvalue weighted by molar-refractivity contribution is 5.91. The first-order valence-corrected chi connectivity index (χ1v) is 5.66. The van der Waals surface area contributed by atoms with Crippen molar-refractivity contribution in [3.05, 3.63) is 48.8 Å². The number of para-hydroxylation sites is 1. The van der Waals surface area contributed by atoms with E-state index in [1.54, 1.807) is 12.3 Å². The number of H-pyrrole nitrogens is 1. The first kappa shape index (κ1) is 10.6. The SMILES string of the molecule is O=C(Cn1ccc2ccccc21)Nc1ccn[nH]1. The summed E-state index contributed by atoms with van der Waals surface area (Å²) in [5.74, 6) is 0.525. The maximum absolute atomic E-state index is 11.8. The van der Waals surface area contributed by atoms with Crippen molar-refractivity contribution in [2.45, 2.75) is 6.54 Å². The minimum atomic E-state index is -0.0828. The van der Waals surface area contributed by atoms with Crippen molar-refractivity contribution in [2.24, 2.45) is 0 Å². The van der Waals surface area contributed by atoms with Crippen molar-refractivity contribution in [2.75, 3.05) is 5.32 Å². The van der Waals surface area contributed by atoms with Gasteiger partial charge in [-0.25, -0.2) is 0 Å². The Bertz CT molecular complexity index is 669. The predicted molar refractivity (Wildman–Crippen MR) is 69.2 cm³/mol. The molecule has 3 rings (SSSR count). The molecule has 5 nitrogen and oxygen atoms in total. The molecule has 0 unspecified atom stereocenters.